The van der Waals surface area contributed by atoms with Crippen LogP contribution in [0.25, 0.3) is 0 Å². The van der Waals surface area contributed by atoms with Gasteiger partial charge in [-0.3, -0.25) is 0 Å². The minimum atomic E-state index is 0.638. The van der Waals surface area contributed by atoms with Crippen LogP contribution in [0.1, 0.15) is 51.5 Å². The van der Waals surface area contributed by atoms with Crippen LogP contribution in [-0.2, 0) is 6.42 Å². The molecule has 1 aromatic rings. The Bertz CT molecular complexity index is 404. The number of halogens is 1. The van der Waals surface area contributed by atoms with Gasteiger partial charge in [0.2, 0.25) is 0 Å². The van der Waals surface area contributed by atoms with Gasteiger partial charge in [0.25, 0.3) is 0 Å². The first-order chi connectivity index (χ1) is 9.74. The minimum Gasteiger partial charge on any atom is -0.314 e. The second-order valence-corrected chi connectivity index (χ2v) is 7.03. The average molecular weight is 338 g/mol. The summed E-state index contributed by atoms with van der Waals surface area (Å²) < 4.78 is 1.20. The Balaban J connectivity index is 2.09. The summed E-state index contributed by atoms with van der Waals surface area (Å²) in [6.07, 6.45) is 8.19. The number of likely N-dealkylation sites (N-methyl/N-ethyl adjacent to an activating group) is 1. The van der Waals surface area contributed by atoms with Gasteiger partial charge in [-0.15, -0.1) is 0 Å². The van der Waals surface area contributed by atoms with Crippen LogP contribution in [0.4, 0.5) is 0 Å². The Kier molecular flexibility index (Phi) is 6.57. The van der Waals surface area contributed by atoms with Crippen LogP contribution in [0.15, 0.2) is 28.7 Å². The number of rotatable bonds is 6. The molecule has 2 rings (SSSR count). The molecule has 1 N–H and O–H groups in total. The van der Waals surface area contributed by atoms with Crippen molar-refractivity contribution in [3.63, 3.8) is 0 Å². The molecule has 1 aliphatic rings. The summed E-state index contributed by atoms with van der Waals surface area (Å²) in [4.78, 5) is 0. The lowest BCUT2D eigenvalue weighted by Gasteiger charge is -2.37. The highest BCUT2D eigenvalue weighted by Crippen LogP contribution is 2.35. The van der Waals surface area contributed by atoms with Gasteiger partial charge >= 0.3 is 0 Å². The first-order valence-corrected chi connectivity index (χ1v) is 9.01. The lowest BCUT2D eigenvalue weighted by atomic mass is 9.72. The van der Waals surface area contributed by atoms with Gasteiger partial charge in [0, 0.05) is 10.5 Å². The SMILES string of the molecule is CCNC(Cc1cccc(Br)c1)C1CCCCC1CC. The monoisotopic (exact) mass is 337 g/mol. The van der Waals surface area contributed by atoms with E-state index in [1.807, 2.05) is 0 Å². The quantitative estimate of drug-likeness (QED) is 0.753. The van der Waals surface area contributed by atoms with E-state index >= 15 is 0 Å². The molecule has 112 valence electrons. The molecule has 0 bridgehead atoms. The van der Waals surface area contributed by atoms with E-state index in [4.69, 9.17) is 0 Å². The normalized spacial score (nSPS) is 24.6. The Morgan fingerprint density at radius 3 is 2.75 bits per heavy atom. The van der Waals surface area contributed by atoms with Crippen molar-refractivity contribution in [1.29, 1.82) is 0 Å². The van der Waals surface area contributed by atoms with Gasteiger partial charge < -0.3 is 5.32 Å². The van der Waals surface area contributed by atoms with E-state index in [9.17, 15) is 0 Å². The molecular formula is C18H28BrN. The molecular weight excluding hydrogens is 310 g/mol. The van der Waals surface area contributed by atoms with Crippen molar-refractivity contribution in [3.8, 4) is 0 Å². The van der Waals surface area contributed by atoms with Gasteiger partial charge in [-0.25, -0.2) is 0 Å². The minimum absolute atomic E-state index is 0.638. The van der Waals surface area contributed by atoms with E-state index in [1.165, 1.54) is 42.1 Å². The fourth-order valence-corrected chi connectivity index (χ4v) is 4.27. The van der Waals surface area contributed by atoms with Crippen LogP contribution in [0.2, 0.25) is 0 Å². The lowest BCUT2D eigenvalue weighted by molar-refractivity contribution is 0.175. The molecule has 0 saturated heterocycles. The van der Waals surface area contributed by atoms with Crippen LogP contribution in [0, 0.1) is 11.8 Å². The molecule has 20 heavy (non-hydrogen) atoms. The van der Waals surface area contributed by atoms with Crippen molar-refractivity contribution in [3.05, 3.63) is 34.3 Å². The van der Waals surface area contributed by atoms with E-state index in [2.05, 4.69) is 59.4 Å². The highest BCUT2D eigenvalue weighted by molar-refractivity contribution is 9.10. The molecule has 0 heterocycles. The molecule has 1 saturated carbocycles. The fraction of sp³-hybridized carbons (Fsp3) is 0.667. The van der Waals surface area contributed by atoms with Crippen molar-refractivity contribution in [1.82, 2.24) is 5.32 Å². The number of hydrogen-bond donors (Lipinski definition) is 1. The second kappa shape index (κ2) is 8.19. The van der Waals surface area contributed by atoms with Crippen LogP contribution < -0.4 is 5.32 Å². The highest BCUT2D eigenvalue weighted by Gasteiger charge is 2.30. The highest BCUT2D eigenvalue weighted by atomic mass is 79.9. The van der Waals surface area contributed by atoms with Crippen molar-refractivity contribution in [2.75, 3.05) is 6.54 Å². The summed E-state index contributed by atoms with van der Waals surface area (Å²) in [5.74, 6) is 1.77. The number of benzene rings is 1. The summed E-state index contributed by atoms with van der Waals surface area (Å²) in [6, 6.07) is 9.44. The van der Waals surface area contributed by atoms with Crippen molar-refractivity contribution in [2.45, 2.75) is 58.4 Å². The summed E-state index contributed by atoms with van der Waals surface area (Å²) in [6.45, 7) is 5.67. The van der Waals surface area contributed by atoms with Gasteiger partial charge in [0.15, 0.2) is 0 Å². The van der Waals surface area contributed by atoms with Crippen molar-refractivity contribution >= 4 is 15.9 Å². The van der Waals surface area contributed by atoms with Crippen LogP contribution in [0.3, 0.4) is 0 Å². The summed E-state index contributed by atoms with van der Waals surface area (Å²) in [5.41, 5.74) is 1.45. The number of hydrogen-bond acceptors (Lipinski definition) is 1. The largest absolute Gasteiger partial charge is 0.314 e. The average Bonchev–Trinajstić information content (AvgIpc) is 2.47. The molecule has 0 amide bonds. The van der Waals surface area contributed by atoms with E-state index < -0.39 is 0 Å². The fourth-order valence-electron chi connectivity index (χ4n) is 3.83. The molecule has 0 spiro atoms. The zero-order valence-electron chi connectivity index (χ0n) is 12.9. The van der Waals surface area contributed by atoms with Gasteiger partial charge in [0.1, 0.15) is 0 Å². The van der Waals surface area contributed by atoms with Crippen LogP contribution in [-0.4, -0.2) is 12.6 Å². The van der Waals surface area contributed by atoms with Crippen LogP contribution in [0.5, 0.6) is 0 Å². The first-order valence-electron chi connectivity index (χ1n) is 8.22. The Morgan fingerprint density at radius 1 is 1.25 bits per heavy atom. The smallest absolute Gasteiger partial charge is 0.0178 e. The molecule has 3 atom stereocenters. The Morgan fingerprint density at radius 2 is 2.05 bits per heavy atom. The maximum absolute atomic E-state index is 3.77. The van der Waals surface area contributed by atoms with Crippen molar-refractivity contribution < 1.29 is 0 Å². The molecule has 0 radical (unpaired) electrons. The third-order valence-electron chi connectivity index (χ3n) is 4.82. The zero-order valence-corrected chi connectivity index (χ0v) is 14.5. The third-order valence-corrected chi connectivity index (χ3v) is 5.31. The Hall–Kier alpha value is -0.340. The van der Waals surface area contributed by atoms with E-state index in [0.29, 0.717) is 6.04 Å². The third kappa shape index (κ3) is 4.33. The van der Waals surface area contributed by atoms with E-state index in [-0.39, 0.29) is 0 Å². The molecule has 1 fully saturated rings. The van der Waals surface area contributed by atoms with Crippen molar-refractivity contribution in [2.24, 2.45) is 11.8 Å². The molecule has 1 aliphatic carbocycles. The number of nitrogens with one attached hydrogen (secondary N) is 1. The topological polar surface area (TPSA) is 12.0 Å². The van der Waals surface area contributed by atoms with Gasteiger partial charge in [0.05, 0.1) is 0 Å². The van der Waals surface area contributed by atoms with E-state index in [1.54, 1.807) is 0 Å². The summed E-state index contributed by atoms with van der Waals surface area (Å²) >= 11 is 3.59. The molecule has 0 aromatic heterocycles. The van der Waals surface area contributed by atoms with Gasteiger partial charge in [-0.1, -0.05) is 67.6 Å². The molecule has 0 aliphatic heterocycles. The molecule has 2 heteroatoms. The zero-order chi connectivity index (χ0) is 14.4. The summed E-state index contributed by atoms with van der Waals surface area (Å²) in [5, 5.41) is 3.77. The molecule has 1 nitrogen and oxygen atoms in total. The predicted octanol–water partition coefficient (Wildman–Crippen LogP) is 5.19. The van der Waals surface area contributed by atoms with Gasteiger partial charge in [-0.05, 0) is 48.9 Å². The van der Waals surface area contributed by atoms with Gasteiger partial charge in [-0.2, -0.15) is 0 Å². The maximum Gasteiger partial charge on any atom is 0.0178 e. The molecule has 3 unspecified atom stereocenters. The molecule has 1 aromatic carbocycles. The predicted molar refractivity (Wildman–Crippen MR) is 91.0 cm³/mol. The second-order valence-electron chi connectivity index (χ2n) is 6.11. The van der Waals surface area contributed by atoms with E-state index in [0.717, 1.165) is 24.8 Å². The maximum atomic E-state index is 3.77. The standard InChI is InChI=1S/C18H28BrN/c1-3-15-9-5-6-11-17(15)18(20-4-2)13-14-8-7-10-16(19)12-14/h7-8,10,12,15,17-18,20H,3-6,9,11,13H2,1-2H3. The Labute approximate surface area is 132 Å². The lowest BCUT2D eigenvalue weighted by Crippen LogP contribution is -2.42. The summed E-state index contributed by atoms with van der Waals surface area (Å²) in [7, 11) is 0. The van der Waals surface area contributed by atoms with Crippen LogP contribution >= 0.6 is 15.9 Å². The first kappa shape index (κ1) is 16.0.